The van der Waals surface area contributed by atoms with Gasteiger partial charge in [-0.05, 0) is 18.6 Å². The molecular weight excluding hydrogens is 184 g/mol. The minimum Gasteiger partial charge on any atom is -0.397 e. The van der Waals surface area contributed by atoms with Gasteiger partial charge in [0.1, 0.15) is 12.2 Å². The van der Waals surface area contributed by atoms with Crippen LogP contribution < -0.4 is 5.73 Å². The molecule has 5 N–H and O–H groups in total. The first-order valence-corrected chi connectivity index (χ1v) is 4.25. The molecule has 0 aliphatic heterocycles. The predicted octanol–water partition coefficient (Wildman–Crippen LogP) is -0.641. The Morgan fingerprint density at radius 3 is 2.64 bits per heavy atom. The lowest BCUT2D eigenvalue weighted by atomic mass is 10.1. The monoisotopic (exact) mass is 198 g/mol. The zero-order valence-corrected chi connectivity index (χ0v) is 7.88. The lowest BCUT2D eigenvalue weighted by molar-refractivity contribution is -0.0169. The maximum Gasteiger partial charge on any atom is 0.126 e. The Kier molecular flexibility index (Phi) is 3.40. The summed E-state index contributed by atoms with van der Waals surface area (Å²) in [5.41, 5.74) is 6.97. The molecule has 0 saturated heterocycles. The zero-order valence-electron chi connectivity index (χ0n) is 7.88. The normalized spacial score (nSPS) is 15.1. The van der Waals surface area contributed by atoms with Crippen LogP contribution in [0.3, 0.4) is 0 Å². The van der Waals surface area contributed by atoms with Gasteiger partial charge in [0.25, 0.3) is 0 Å². The van der Waals surface area contributed by atoms with Gasteiger partial charge in [0.2, 0.25) is 0 Å². The van der Waals surface area contributed by atoms with E-state index in [2.05, 4.69) is 4.98 Å². The second kappa shape index (κ2) is 4.36. The van der Waals surface area contributed by atoms with Crippen molar-refractivity contribution in [2.24, 2.45) is 0 Å². The third-order valence-electron chi connectivity index (χ3n) is 1.92. The molecule has 2 atom stereocenters. The fourth-order valence-corrected chi connectivity index (χ4v) is 1.13. The first kappa shape index (κ1) is 10.9. The number of anilines is 1. The maximum atomic E-state index is 9.51. The van der Waals surface area contributed by atoms with Gasteiger partial charge in [-0.15, -0.1) is 0 Å². The minimum atomic E-state index is -1.26. The van der Waals surface area contributed by atoms with E-state index in [9.17, 15) is 10.2 Å². The highest BCUT2D eigenvalue weighted by Crippen LogP contribution is 2.21. The van der Waals surface area contributed by atoms with E-state index in [1.807, 2.05) is 6.92 Å². The first-order valence-electron chi connectivity index (χ1n) is 4.25. The molecule has 1 rings (SSSR count). The predicted molar refractivity (Wildman–Crippen MR) is 51.4 cm³/mol. The maximum absolute atomic E-state index is 9.51. The van der Waals surface area contributed by atoms with E-state index in [0.717, 1.165) is 5.56 Å². The number of aromatic nitrogens is 1. The van der Waals surface area contributed by atoms with E-state index >= 15 is 0 Å². The van der Waals surface area contributed by atoms with Crippen molar-refractivity contribution in [2.45, 2.75) is 19.1 Å². The first-order chi connectivity index (χ1) is 6.56. The van der Waals surface area contributed by atoms with Crippen LogP contribution >= 0.6 is 0 Å². The average Bonchev–Trinajstić information content (AvgIpc) is 2.15. The fraction of sp³-hybridized carbons (Fsp3) is 0.444. The molecule has 1 aromatic rings. The minimum absolute atomic E-state index is 0.192. The third-order valence-corrected chi connectivity index (χ3v) is 1.92. The molecular formula is C9H14N2O3. The number of nitrogens with zero attached hydrogens (tertiary/aromatic N) is 1. The van der Waals surface area contributed by atoms with Gasteiger partial charge < -0.3 is 21.1 Å². The summed E-state index contributed by atoms with van der Waals surface area (Å²) < 4.78 is 0. The van der Waals surface area contributed by atoms with E-state index in [4.69, 9.17) is 10.8 Å². The topological polar surface area (TPSA) is 99.6 Å². The molecule has 0 amide bonds. The highest BCUT2D eigenvalue weighted by molar-refractivity contribution is 5.45. The van der Waals surface area contributed by atoms with Crippen LogP contribution in [0.15, 0.2) is 12.3 Å². The van der Waals surface area contributed by atoms with Gasteiger partial charge in [-0.1, -0.05) is 0 Å². The van der Waals surface area contributed by atoms with Crippen LogP contribution in [-0.2, 0) is 0 Å². The lowest BCUT2D eigenvalue weighted by Crippen LogP contribution is -2.23. The molecule has 0 aliphatic carbocycles. The van der Waals surface area contributed by atoms with Gasteiger partial charge >= 0.3 is 0 Å². The number of aliphatic hydroxyl groups excluding tert-OH is 3. The van der Waals surface area contributed by atoms with E-state index < -0.39 is 18.8 Å². The van der Waals surface area contributed by atoms with Gasteiger partial charge in [0.15, 0.2) is 0 Å². The molecule has 5 nitrogen and oxygen atoms in total. The van der Waals surface area contributed by atoms with Crippen molar-refractivity contribution in [3.05, 3.63) is 23.5 Å². The number of rotatable bonds is 3. The van der Waals surface area contributed by atoms with Crippen LogP contribution in [0.5, 0.6) is 0 Å². The van der Waals surface area contributed by atoms with Crippen molar-refractivity contribution < 1.29 is 15.3 Å². The smallest absolute Gasteiger partial charge is 0.126 e. The van der Waals surface area contributed by atoms with Crippen LogP contribution in [0, 0.1) is 6.92 Å². The van der Waals surface area contributed by atoms with Crippen molar-refractivity contribution in [1.29, 1.82) is 0 Å². The second-order valence-electron chi connectivity index (χ2n) is 3.18. The summed E-state index contributed by atoms with van der Waals surface area (Å²) in [7, 11) is 0. The standard InChI is InChI=1S/C9H14N2O3/c1-5-2-6(10)8(11-3-5)9(14)7(13)4-12/h2-3,7,9,12-14H,4,10H2,1H3. The highest BCUT2D eigenvalue weighted by Gasteiger charge is 2.20. The Labute approximate surface area is 81.8 Å². The number of nitrogen functional groups attached to an aromatic ring is 1. The SMILES string of the molecule is Cc1cnc(C(O)C(O)CO)c(N)c1. The average molecular weight is 198 g/mol. The van der Waals surface area contributed by atoms with Crippen molar-refractivity contribution >= 4 is 5.69 Å². The summed E-state index contributed by atoms with van der Waals surface area (Å²) in [6, 6.07) is 1.65. The molecule has 0 spiro atoms. The lowest BCUT2D eigenvalue weighted by Gasteiger charge is -2.16. The molecule has 1 heterocycles. The molecule has 1 aromatic heterocycles. The summed E-state index contributed by atoms with van der Waals surface area (Å²) >= 11 is 0. The summed E-state index contributed by atoms with van der Waals surface area (Å²) in [4.78, 5) is 3.90. The van der Waals surface area contributed by atoms with Crippen molar-refractivity contribution in [3.63, 3.8) is 0 Å². The van der Waals surface area contributed by atoms with E-state index in [1.54, 1.807) is 12.3 Å². The van der Waals surface area contributed by atoms with Crippen LogP contribution in [0.2, 0.25) is 0 Å². The van der Waals surface area contributed by atoms with E-state index in [1.165, 1.54) is 0 Å². The largest absolute Gasteiger partial charge is 0.397 e. The van der Waals surface area contributed by atoms with Gasteiger partial charge in [0, 0.05) is 6.20 Å². The molecule has 5 heteroatoms. The molecule has 14 heavy (non-hydrogen) atoms. The molecule has 0 bridgehead atoms. The summed E-state index contributed by atoms with van der Waals surface area (Å²) in [6.45, 7) is 1.29. The third kappa shape index (κ3) is 2.20. The Bertz CT molecular complexity index is 317. The molecule has 78 valence electrons. The number of nitrogens with two attached hydrogens (primary N) is 1. The van der Waals surface area contributed by atoms with Gasteiger partial charge in [-0.25, -0.2) is 0 Å². The fourth-order valence-electron chi connectivity index (χ4n) is 1.13. The van der Waals surface area contributed by atoms with Crippen LogP contribution in [-0.4, -0.2) is 33.0 Å². The Morgan fingerprint density at radius 1 is 1.50 bits per heavy atom. The van der Waals surface area contributed by atoms with Gasteiger partial charge in [-0.3, -0.25) is 4.98 Å². The molecule has 0 aliphatic rings. The van der Waals surface area contributed by atoms with Gasteiger partial charge in [-0.2, -0.15) is 0 Å². The van der Waals surface area contributed by atoms with Gasteiger partial charge in [0.05, 0.1) is 18.0 Å². The number of hydrogen-bond donors (Lipinski definition) is 4. The van der Waals surface area contributed by atoms with E-state index in [0.29, 0.717) is 5.69 Å². The van der Waals surface area contributed by atoms with Crippen LogP contribution in [0.25, 0.3) is 0 Å². The number of hydrogen-bond acceptors (Lipinski definition) is 5. The Hall–Kier alpha value is -1.17. The molecule has 0 fully saturated rings. The highest BCUT2D eigenvalue weighted by atomic mass is 16.4. The summed E-state index contributed by atoms with van der Waals surface area (Å²) in [5, 5.41) is 27.3. The summed E-state index contributed by atoms with van der Waals surface area (Å²) in [5.74, 6) is 0. The zero-order chi connectivity index (χ0) is 10.7. The number of aryl methyl sites for hydroxylation is 1. The van der Waals surface area contributed by atoms with Crippen molar-refractivity contribution in [1.82, 2.24) is 4.98 Å². The van der Waals surface area contributed by atoms with Crippen LogP contribution in [0.1, 0.15) is 17.4 Å². The van der Waals surface area contributed by atoms with Crippen LogP contribution in [0.4, 0.5) is 5.69 Å². The Balaban J connectivity index is 2.95. The number of aliphatic hydroxyl groups is 3. The molecule has 0 saturated carbocycles. The molecule has 2 unspecified atom stereocenters. The Morgan fingerprint density at radius 2 is 2.14 bits per heavy atom. The quantitative estimate of drug-likeness (QED) is 0.517. The van der Waals surface area contributed by atoms with E-state index in [-0.39, 0.29) is 5.69 Å². The summed E-state index contributed by atoms with van der Waals surface area (Å²) in [6.07, 6.45) is -0.966. The molecule has 0 radical (unpaired) electrons. The number of pyridine rings is 1. The second-order valence-corrected chi connectivity index (χ2v) is 3.18. The molecule has 0 aromatic carbocycles. The van der Waals surface area contributed by atoms with Crippen molar-refractivity contribution in [3.8, 4) is 0 Å². The van der Waals surface area contributed by atoms with Crippen molar-refractivity contribution in [2.75, 3.05) is 12.3 Å².